The van der Waals surface area contributed by atoms with Crippen molar-refractivity contribution < 1.29 is 13.2 Å². The van der Waals surface area contributed by atoms with Gasteiger partial charge in [-0.05, 0) is 45.2 Å². The van der Waals surface area contributed by atoms with Gasteiger partial charge in [0.2, 0.25) is 0 Å². The lowest BCUT2D eigenvalue weighted by Crippen LogP contribution is -2.52. The van der Waals surface area contributed by atoms with Crippen LogP contribution >= 0.6 is 0 Å². The number of rotatable bonds is 2. The fourth-order valence-corrected chi connectivity index (χ4v) is 2.66. The Morgan fingerprint density at radius 2 is 2.06 bits per heavy atom. The number of nitrogens with zero attached hydrogens (tertiary/aromatic N) is 1. The fourth-order valence-electron chi connectivity index (χ4n) is 2.66. The molecular formula is C11H19F3N2. The smallest absolute Gasteiger partial charge is 0.310 e. The summed E-state index contributed by atoms with van der Waals surface area (Å²) in [5.74, 6) is 0.571. The van der Waals surface area contributed by atoms with Crippen molar-refractivity contribution >= 4 is 0 Å². The van der Waals surface area contributed by atoms with Gasteiger partial charge in [0.05, 0.1) is 6.54 Å². The fraction of sp³-hybridized carbons (Fsp3) is 1.00. The summed E-state index contributed by atoms with van der Waals surface area (Å²) in [7, 11) is 0. The van der Waals surface area contributed by atoms with E-state index < -0.39 is 12.7 Å². The van der Waals surface area contributed by atoms with E-state index in [0.29, 0.717) is 19.0 Å². The van der Waals surface area contributed by atoms with Crippen molar-refractivity contribution in [3.63, 3.8) is 0 Å². The van der Waals surface area contributed by atoms with E-state index in [1.54, 1.807) is 4.90 Å². The maximum Gasteiger partial charge on any atom is 0.401 e. The van der Waals surface area contributed by atoms with Crippen LogP contribution < -0.4 is 5.32 Å². The van der Waals surface area contributed by atoms with E-state index in [-0.39, 0.29) is 5.54 Å². The second-order valence-electron chi connectivity index (χ2n) is 5.30. The van der Waals surface area contributed by atoms with Crippen molar-refractivity contribution in [2.45, 2.75) is 37.9 Å². The largest absolute Gasteiger partial charge is 0.401 e. The van der Waals surface area contributed by atoms with E-state index in [1.165, 1.54) is 0 Å². The quantitative estimate of drug-likeness (QED) is 0.789. The van der Waals surface area contributed by atoms with Gasteiger partial charge in [-0.2, -0.15) is 13.2 Å². The molecule has 0 spiro atoms. The van der Waals surface area contributed by atoms with Crippen molar-refractivity contribution in [3.8, 4) is 0 Å². The lowest BCUT2D eigenvalue weighted by molar-refractivity contribution is -0.147. The van der Waals surface area contributed by atoms with Gasteiger partial charge in [-0.3, -0.25) is 4.90 Å². The number of nitrogens with one attached hydrogen (secondary N) is 1. The van der Waals surface area contributed by atoms with E-state index in [4.69, 9.17) is 0 Å². The molecule has 1 unspecified atom stereocenters. The van der Waals surface area contributed by atoms with Gasteiger partial charge in [0.1, 0.15) is 0 Å². The summed E-state index contributed by atoms with van der Waals surface area (Å²) in [4.78, 5) is 1.55. The molecule has 1 aliphatic heterocycles. The molecule has 0 aromatic rings. The zero-order valence-electron chi connectivity index (χ0n) is 9.61. The van der Waals surface area contributed by atoms with Gasteiger partial charge in [-0.15, -0.1) is 0 Å². The minimum atomic E-state index is -4.07. The topological polar surface area (TPSA) is 15.3 Å². The predicted octanol–water partition coefficient (Wildman–Crippen LogP) is 2.01. The van der Waals surface area contributed by atoms with Crippen LogP contribution in [0.3, 0.4) is 0 Å². The van der Waals surface area contributed by atoms with Crippen molar-refractivity contribution in [3.05, 3.63) is 0 Å². The third-order valence-electron chi connectivity index (χ3n) is 3.61. The zero-order valence-corrected chi connectivity index (χ0v) is 9.61. The second kappa shape index (κ2) is 4.18. The standard InChI is InChI=1S/C11H19F3N2/c1-10(9-3-4-9)7-16(6-2-5-15-10)8-11(12,13)14/h9,15H,2-8H2,1H3. The van der Waals surface area contributed by atoms with Crippen molar-refractivity contribution in [2.24, 2.45) is 5.92 Å². The van der Waals surface area contributed by atoms with Crippen molar-refractivity contribution in [2.75, 3.05) is 26.2 Å². The SMILES string of the molecule is CC1(C2CC2)CN(CC(F)(F)F)CCCN1. The highest BCUT2D eigenvalue weighted by Gasteiger charge is 2.44. The highest BCUT2D eigenvalue weighted by atomic mass is 19.4. The van der Waals surface area contributed by atoms with Crippen LogP contribution in [0.2, 0.25) is 0 Å². The van der Waals surface area contributed by atoms with E-state index in [2.05, 4.69) is 12.2 Å². The Hall–Kier alpha value is -0.290. The molecule has 1 N–H and O–H groups in total. The first kappa shape index (κ1) is 12.2. The number of alkyl halides is 3. The molecule has 0 aromatic heterocycles. The number of hydrogen-bond acceptors (Lipinski definition) is 2. The minimum absolute atomic E-state index is 0.109. The average molecular weight is 236 g/mol. The molecule has 1 saturated heterocycles. The Kier molecular flexibility index (Phi) is 3.18. The first-order chi connectivity index (χ1) is 7.39. The molecule has 1 atom stereocenters. The Bertz CT molecular complexity index is 250. The first-order valence-electron chi connectivity index (χ1n) is 5.93. The molecular weight excluding hydrogens is 217 g/mol. The summed E-state index contributed by atoms with van der Waals surface area (Å²) in [5, 5.41) is 3.43. The predicted molar refractivity (Wildman–Crippen MR) is 56.2 cm³/mol. The molecule has 2 rings (SSSR count). The minimum Gasteiger partial charge on any atom is -0.310 e. The maximum absolute atomic E-state index is 12.4. The Labute approximate surface area is 94.2 Å². The van der Waals surface area contributed by atoms with Crippen LogP contribution in [-0.2, 0) is 0 Å². The Morgan fingerprint density at radius 1 is 1.38 bits per heavy atom. The van der Waals surface area contributed by atoms with Gasteiger partial charge in [0, 0.05) is 12.1 Å². The van der Waals surface area contributed by atoms with E-state index >= 15 is 0 Å². The molecule has 94 valence electrons. The van der Waals surface area contributed by atoms with Gasteiger partial charge >= 0.3 is 6.18 Å². The molecule has 0 radical (unpaired) electrons. The third kappa shape index (κ3) is 3.10. The van der Waals surface area contributed by atoms with Crippen LogP contribution in [0.1, 0.15) is 26.2 Å². The molecule has 2 nitrogen and oxygen atoms in total. The van der Waals surface area contributed by atoms with Crippen molar-refractivity contribution in [1.82, 2.24) is 10.2 Å². The summed E-state index contributed by atoms with van der Waals surface area (Å²) < 4.78 is 37.1. The lowest BCUT2D eigenvalue weighted by Gasteiger charge is -2.34. The molecule has 0 aromatic carbocycles. The molecule has 1 aliphatic carbocycles. The summed E-state index contributed by atoms with van der Waals surface area (Å²) in [6, 6.07) is 0. The highest BCUT2D eigenvalue weighted by Crippen LogP contribution is 2.40. The number of hydrogen-bond donors (Lipinski definition) is 1. The monoisotopic (exact) mass is 236 g/mol. The van der Waals surface area contributed by atoms with Gasteiger partial charge < -0.3 is 5.32 Å². The lowest BCUT2D eigenvalue weighted by atomic mass is 9.95. The van der Waals surface area contributed by atoms with Gasteiger partial charge in [-0.1, -0.05) is 0 Å². The summed E-state index contributed by atoms with van der Waals surface area (Å²) in [6.45, 7) is 3.21. The van der Waals surface area contributed by atoms with Crippen LogP contribution in [0.4, 0.5) is 13.2 Å². The molecule has 1 heterocycles. The number of halogens is 3. The molecule has 2 fully saturated rings. The van der Waals surface area contributed by atoms with E-state index in [0.717, 1.165) is 25.8 Å². The Balaban J connectivity index is 1.97. The van der Waals surface area contributed by atoms with Crippen LogP contribution in [0.15, 0.2) is 0 Å². The van der Waals surface area contributed by atoms with E-state index in [1.807, 2.05) is 0 Å². The maximum atomic E-state index is 12.4. The van der Waals surface area contributed by atoms with Crippen LogP contribution in [-0.4, -0.2) is 42.8 Å². The molecule has 0 amide bonds. The van der Waals surface area contributed by atoms with Gasteiger partial charge in [0.15, 0.2) is 0 Å². The first-order valence-corrected chi connectivity index (χ1v) is 5.93. The zero-order chi connectivity index (χ0) is 11.8. The van der Waals surface area contributed by atoms with Crippen molar-refractivity contribution in [1.29, 1.82) is 0 Å². The van der Waals surface area contributed by atoms with Crippen LogP contribution in [0.5, 0.6) is 0 Å². The normalized spacial score (nSPS) is 33.8. The molecule has 5 heteroatoms. The average Bonchev–Trinajstić information content (AvgIpc) is 2.89. The van der Waals surface area contributed by atoms with E-state index in [9.17, 15) is 13.2 Å². The molecule has 2 aliphatic rings. The summed E-state index contributed by atoms with van der Waals surface area (Å²) >= 11 is 0. The van der Waals surface area contributed by atoms with Crippen LogP contribution in [0, 0.1) is 5.92 Å². The molecule has 1 saturated carbocycles. The summed E-state index contributed by atoms with van der Waals surface area (Å²) in [5.41, 5.74) is -0.109. The van der Waals surface area contributed by atoms with Crippen LogP contribution in [0.25, 0.3) is 0 Å². The molecule has 0 bridgehead atoms. The third-order valence-corrected chi connectivity index (χ3v) is 3.61. The van der Waals surface area contributed by atoms with Gasteiger partial charge in [0.25, 0.3) is 0 Å². The summed E-state index contributed by atoms with van der Waals surface area (Å²) in [6.07, 6.45) is -0.958. The second-order valence-corrected chi connectivity index (χ2v) is 5.30. The van der Waals surface area contributed by atoms with Gasteiger partial charge in [-0.25, -0.2) is 0 Å². The Morgan fingerprint density at radius 3 is 2.62 bits per heavy atom. The highest BCUT2D eigenvalue weighted by molar-refractivity contribution is 5.01. The molecule has 16 heavy (non-hydrogen) atoms.